The number of esters is 1. The first kappa shape index (κ1) is 8.81. The van der Waals surface area contributed by atoms with Gasteiger partial charge in [-0.1, -0.05) is 18.2 Å². The quantitative estimate of drug-likeness (QED) is 0.679. The molecule has 0 aliphatic rings. The second-order valence-corrected chi connectivity index (χ2v) is 2.85. The first-order valence-electron chi connectivity index (χ1n) is 4.21. The molecule has 14 heavy (non-hydrogen) atoms. The molecule has 1 aromatic heterocycles. The molecule has 2 aromatic rings. The highest BCUT2D eigenvalue weighted by Crippen LogP contribution is 2.19. The largest absolute Gasteiger partial charge is 0.468 e. The van der Waals surface area contributed by atoms with E-state index in [2.05, 4.69) is 4.74 Å². The second-order valence-electron chi connectivity index (χ2n) is 2.85. The van der Waals surface area contributed by atoms with Crippen molar-refractivity contribution >= 4 is 16.9 Å². The van der Waals surface area contributed by atoms with Crippen LogP contribution in [0.1, 0.15) is 5.76 Å². The van der Waals surface area contributed by atoms with E-state index in [9.17, 15) is 4.79 Å². The van der Waals surface area contributed by atoms with Gasteiger partial charge in [-0.3, -0.25) is 4.79 Å². The van der Waals surface area contributed by atoms with Gasteiger partial charge in [0.05, 0.1) is 7.11 Å². The van der Waals surface area contributed by atoms with Gasteiger partial charge < -0.3 is 9.15 Å². The Morgan fingerprint density at radius 1 is 1.43 bits per heavy atom. The molecule has 0 unspecified atom stereocenters. The van der Waals surface area contributed by atoms with Crippen molar-refractivity contribution in [2.45, 2.75) is 0 Å². The van der Waals surface area contributed by atoms with E-state index in [1.807, 2.05) is 24.3 Å². The van der Waals surface area contributed by atoms with E-state index in [4.69, 9.17) is 4.42 Å². The van der Waals surface area contributed by atoms with Gasteiger partial charge in [0.2, 0.25) is 0 Å². The highest BCUT2D eigenvalue weighted by atomic mass is 16.5. The maximum atomic E-state index is 10.9. The van der Waals surface area contributed by atoms with E-state index < -0.39 is 5.97 Å². The lowest BCUT2D eigenvalue weighted by Crippen LogP contribution is -2.00. The van der Waals surface area contributed by atoms with Crippen molar-refractivity contribution in [2.24, 2.45) is 0 Å². The molecule has 0 aliphatic carbocycles. The monoisotopic (exact) mass is 189 g/mol. The molecule has 71 valence electrons. The van der Waals surface area contributed by atoms with Crippen LogP contribution in [0.3, 0.4) is 0 Å². The van der Waals surface area contributed by atoms with Crippen LogP contribution >= 0.6 is 0 Å². The Morgan fingerprint density at radius 3 is 2.93 bits per heavy atom. The van der Waals surface area contributed by atoms with Gasteiger partial charge >= 0.3 is 5.97 Å². The number of furan rings is 1. The first-order valence-corrected chi connectivity index (χ1v) is 4.21. The van der Waals surface area contributed by atoms with E-state index in [1.54, 1.807) is 6.07 Å². The summed E-state index contributed by atoms with van der Waals surface area (Å²) in [6, 6.07) is 9.37. The van der Waals surface area contributed by atoms with Crippen LogP contribution in [-0.2, 0) is 9.53 Å². The van der Waals surface area contributed by atoms with Gasteiger partial charge in [0.15, 0.2) is 0 Å². The molecule has 0 bridgehead atoms. The number of carbonyl (C=O) groups is 1. The average molecular weight is 189 g/mol. The zero-order valence-corrected chi connectivity index (χ0v) is 7.69. The first-order chi connectivity index (χ1) is 6.79. The molecule has 0 N–H and O–H groups in total. The van der Waals surface area contributed by atoms with Gasteiger partial charge in [0.1, 0.15) is 17.8 Å². The Hall–Kier alpha value is -1.77. The van der Waals surface area contributed by atoms with Gasteiger partial charge in [0, 0.05) is 5.39 Å². The van der Waals surface area contributed by atoms with E-state index >= 15 is 0 Å². The number of hydrogen-bond donors (Lipinski definition) is 0. The Balaban J connectivity index is 2.31. The summed E-state index contributed by atoms with van der Waals surface area (Å²) in [5, 5.41) is 0.975. The zero-order valence-electron chi connectivity index (χ0n) is 7.69. The molecule has 1 heterocycles. The fraction of sp³-hybridized carbons (Fsp3) is 0.0909. The smallest absolute Gasteiger partial charge is 0.317 e. The third kappa shape index (κ3) is 1.62. The average Bonchev–Trinajstić information content (AvgIpc) is 2.59. The van der Waals surface area contributed by atoms with Crippen LogP contribution in [0.15, 0.2) is 34.7 Å². The van der Waals surface area contributed by atoms with Crippen molar-refractivity contribution in [1.82, 2.24) is 0 Å². The summed E-state index contributed by atoms with van der Waals surface area (Å²) in [6.45, 7) is 0. The summed E-state index contributed by atoms with van der Waals surface area (Å²) in [5.74, 6) is 0.0992. The fourth-order valence-electron chi connectivity index (χ4n) is 1.25. The lowest BCUT2D eigenvalue weighted by molar-refractivity contribution is -0.136. The van der Waals surface area contributed by atoms with Gasteiger partial charge in [-0.25, -0.2) is 0 Å². The third-order valence-corrected chi connectivity index (χ3v) is 1.91. The van der Waals surface area contributed by atoms with Gasteiger partial charge in [-0.2, -0.15) is 0 Å². The Labute approximate surface area is 81.3 Å². The Bertz CT molecular complexity index is 423. The number of hydrogen-bond acceptors (Lipinski definition) is 3. The number of methoxy groups -OCH3 is 1. The predicted molar refractivity (Wildman–Crippen MR) is 51.6 cm³/mol. The highest BCUT2D eigenvalue weighted by Gasteiger charge is 2.08. The molecule has 1 aromatic carbocycles. The number of para-hydroxylation sites is 1. The predicted octanol–water partition coefficient (Wildman–Crippen LogP) is 2.16. The zero-order chi connectivity index (χ0) is 9.97. The summed E-state index contributed by atoms with van der Waals surface area (Å²) in [4.78, 5) is 10.9. The van der Waals surface area contributed by atoms with Crippen molar-refractivity contribution in [2.75, 3.05) is 7.11 Å². The van der Waals surface area contributed by atoms with Crippen molar-refractivity contribution in [1.29, 1.82) is 0 Å². The fourth-order valence-corrected chi connectivity index (χ4v) is 1.25. The molecule has 3 heteroatoms. The summed E-state index contributed by atoms with van der Waals surface area (Å²) in [7, 11) is 1.33. The third-order valence-electron chi connectivity index (χ3n) is 1.91. The van der Waals surface area contributed by atoms with Crippen molar-refractivity contribution in [3.05, 3.63) is 42.5 Å². The van der Waals surface area contributed by atoms with Gasteiger partial charge in [0.25, 0.3) is 0 Å². The lowest BCUT2D eigenvalue weighted by atomic mass is 10.2. The number of benzene rings is 1. The minimum atomic E-state index is -0.413. The van der Waals surface area contributed by atoms with Gasteiger partial charge in [-0.15, -0.1) is 0 Å². The molecule has 1 radical (unpaired) electrons. The number of fused-ring (bicyclic) bond motifs is 1. The summed E-state index contributed by atoms with van der Waals surface area (Å²) in [5.41, 5.74) is 0.766. The number of rotatable bonds is 2. The second kappa shape index (κ2) is 3.54. The van der Waals surface area contributed by atoms with Crippen LogP contribution in [0.4, 0.5) is 0 Å². The molecule has 0 saturated carbocycles. The summed E-state index contributed by atoms with van der Waals surface area (Å²) in [6.07, 6.45) is 1.32. The molecular weight excluding hydrogens is 180 g/mol. The number of carbonyl (C=O) groups excluding carboxylic acids is 1. The SMILES string of the molecule is COC(=O)[CH]c1cc2ccccc2o1. The Kier molecular flexibility index (Phi) is 2.23. The molecule has 0 saturated heterocycles. The lowest BCUT2D eigenvalue weighted by Gasteiger charge is -1.92. The van der Waals surface area contributed by atoms with Crippen molar-refractivity contribution in [3.8, 4) is 0 Å². The van der Waals surface area contributed by atoms with Crippen LogP contribution in [0.2, 0.25) is 0 Å². The molecule has 0 amide bonds. The van der Waals surface area contributed by atoms with Crippen molar-refractivity contribution < 1.29 is 13.9 Å². The molecule has 3 nitrogen and oxygen atoms in total. The van der Waals surface area contributed by atoms with Crippen molar-refractivity contribution in [3.63, 3.8) is 0 Å². The standard InChI is InChI=1S/C11H9O3/c1-13-11(12)7-9-6-8-4-2-3-5-10(8)14-9/h2-7H,1H3. The highest BCUT2D eigenvalue weighted by molar-refractivity contribution is 5.85. The van der Waals surface area contributed by atoms with Gasteiger partial charge in [-0.05, 0) is 12.1 Å². The van der Waals surface area contributed by atoms with Crippen LogP contribution in [0.25, 0.3) is 11.0 Å². The normalized spacial score (nSPS) is 10.4. The van der Waals surface area contributed by atoms with E-state index in [1.165, 1.54) is 13.5 Å². The van der Waals surface area contributed by atoms with E-state index in [0.29, 0.717) is 5.76 Å². The topological polar surface area (TPSA) is 39.4 Å². The van der Waals surface area contributed by atoms with E-state index in [0.717, 1.165) is 11.0 Å². The maximum Gasteiger partial charge on any atom is 0.317 e. The molecule has 0 fully saturated rings. The minimum Gasteiger partial charge on any atom is -0.468 e. The molecular formula is C11H9O3. The van der Waals surface area contributed by atoms with Crippen LogP contribution in [0.5, 0.6) is 0 Å². The van der Waals surface area contributed by atoms with Crippen LogP contribution < -0.4 is 0 Å². The summed E-state index contributed by atoms with van der Waals surface area (Å²) < 4.78 is 9.88. The van der Waals surface area contributed by atoms with E-state index in [-0.39, 0.29) is 0 Å². The maximum absolute atomic E-state index is 10.9. The summed E-state index contributed by atoms with van der Waals surface area (Å²) >= 11 is 0. The molecule has 0 spiro atoms. The van der Waals surface area contributed by atoms with Crippen LogP contribution in [-0.4, -0.2) is 13.1 Å². The number of ether oxygens (including phenoxy) is 1. The molecule has 0 atom stereocenters. The molecule has 2 rings (SSSR count). The minimum absolute atomic E-state index is 0.413. The van der Waals surface area contributed by atoms with Crippen LogP contribution in [0, 0.1) is 6.42 Å². The Morgan fingerprint density at radius 2 is 2.21 bits per heavy atom. The molecule has 0 aliphatic heterocycles.